The van der Waals surface area contributed by atoms with Crippen LogP contribution in [-0.2, 0) is 13.2 Å². The van der Waals surface area contributed by atoms with E-state index in [4.69, 9.17) is 21.1 Å². The molecule has 0 unspecified atom stereocenters. The molecule has 3 rings (SSSR count). The van der Waals surface area contributed by atoms with Crippen LogP contribution in [0.3, 0.4) is 0 Å². The van der Waals surface area contributed by atoms with Crippen molar-refractivity contribution in [2.75, 3.05) is 19.5 Å². The van der Waals surface area contributed by atoms with Crippen molar-refractivity contribution in [3.05, 3.63) is 40.4 Å². The van der Waals surface area contributed by atoms with E-state index in [1.165, 1.54) is 20.3 Å². The Hall–Kier alpha value is -2.61. The fourth-order valence-electron chi connectivity index (χ4n) is 4.25. The molecule has 0 aliphatic carbocycles. The highest BCUT2D eigenvalue weighted by Gasteiger charge is 2.35. The highest BCUT2D eigenvalue weighted by atomic mass is 35.5. The van der Waals surface area contributed by atoms with Gasteiger partial charge in [0.2, 0.25) is 5.95 Å². The molecular weight excluding hydrogens is 455 g/mol. The van der Waals surface area contributed by atoms with Crippen LogP contribution in [0.25, 0.3) is 11.0 Å². The van der Waals surface area contributed by atoms with Crippen LogP contribution < -0.4 is 14.8 Å². The van der Waals surface area contributed by atoms with Crippen LogP contribution >= 0.6 is 11.6 Å². The number of hydrogen-bond acceptors (Lipinski definition) is 4. The molecule has 0 fully saturated rings. The second-order valence-electron chi connectivity index (χ2n) is 7.98. The van der Waals surface area contributed by atoms with Gasteiger partial charge in [-0.25, -0.2) is 4.98 Å². The molecule has 3 aromatic rings. The number of nitrogens with zero attached hydrogens (tertiary/aromatic N) is 2. The number of aromatic nitrogens is 2. The minimum Gasteiger partial charge on any atom is -0.496 e. The molecule has 0 amide bonds. The molecule has 0 atom stereocenters. The van der Waals surface area contributed by atoms with Crippen molar-refractivity contribution in [2.24, 2.45) is 7.05 Å². The molecule has 180 valence electrons. The standard InChI is InChI=1S/C24H29ClF3N3O2/c1-6-8-14(9-7-2)15-10-11-17(25)21-22(15)31(3)23(30-21)29-18-12-16(24(26,27)28)19(32-4)13-20(18)33-5/h10-14H,6-9H2,1-5H3,(H,29,30). The Bertz CT molecular complexity index is 1120. The number of methoxy groups -OCH3 is 2. The molecule has 33 heavy (non-hydrogen) atoms. The molecule has 0 spiro atoms. The number of fused-ring (bicyclic) bond motifs is 1. The zero-order valence-electron chi connectivity index (χ0n) is 19.4. The second kappa shape index (κ2) is 10.1. The third kappa shape index (κ3) is 5.00. The lowest BCUT2D eigenvalue weighted by molar-refractivity contribution is -0.138. The first kappa shape index (κ1) is 25.0. The van der Waals surface area contributed by atoms with Gasteiger partial charge in [-0.1, -0.05) is 44.4 Å². The van der Waals surface area contributed by atoms with Gasteiger partial charge >= 0.3 is 6.18 Å². The fourth-order valence-corrected chi connectivity index (χ4v) is 4.44. The largest absolute Gasteiger partial charge is 0.496 e. The second-order valence-corrected chi connectivity index (χ2v) is 8.39. The van der Waals surface area contributed by atoms with Crippen LogP contribution in [0.1, 0.15) is 56.6 Å². The zero-order chi connectivity index (χ0) is 24.3. The lowest BCUT2D eigenvalue weighted by Crippen LogP contribution is -2.10. The Morgan fingerprint density at radius 1 is 1.06 bits per heavy atom. The Morgan fingerprint density at radius 2 is 1.70 bits per heavy atom. The Kier molecular flexibility index (Phi) is 7.67. The number of hydrogen-bond donors (Lipinski definition) is 1. The summed E-state index contributed by atoms with van der Waals surface area (Å²) in [6.45, 7) is 4.31. The van der Waals surface area contributed by atoms with Gasteiger partial charge in [-0.05, 0) is 36.5 Å². The highest BCUT2D eigenvalue weighted by molar-refractivity contribution is 6.35. The summed E-state index contributed by atoms with van der Waals surface area (Å²) in [5, 5.41) is 3.50. The number of rotatable bonds is 9. The van der Waals surface area contributed by atoms with E-state index >= 15 is 0 Å². The lowest BCUT2D eigenvalue weighted by Gasteiger charge is -2.19. The van der Waals surface area contributed by atoms with E-state index < -0.39 is 11.7 Å². The quantitative estimate of drug-likeness (QED) is 0.339. The van der Waals surface area contributed by atoms with Crippen molar-refractivity contribution in [1.29, 1.82) is 0 Å². The predicted octanol–water partition coefficient (Wildman–Crippen LogP) is 7.69. The maximum absolute atomic E-state index is 13.6. The molecule has 2 aromatic carbocycles. The summed E-state index contributed by atoms with van der Waals surface area (Å²) in [7, 11) is 4.40. The van der Waals surface area contributed by atoms with Crippen LogP contribution in [0.5, 0.6) is 11.5 Å². The van der Waals surface area contributed by atoms with Crippen LogP contribution in [0.4, 0.5) is 24.8 Å². The monoisotopic (exact) mass is 483 g/mol. The van der Waals surface area contributed by atoms with Gasteiger partial charge in [0.05, 0.1) is 36.0 Å². The summed E-state index contributed by atoms with van der Waals surface area (Å²) in [6, 6.07) is 6.05. The van der Waals surface area contributed by atoms with Gasteiger partial charge in [-0.15, -0.1) is 0 Å². The number of imidazole rings is 1. The number of benzene rings is 2. The van der Waals surface area contributed by atoms with Crippen molar-refractivity contribution in [3.63, 3.8) is 0 Å². The smallest absolute Gasteiger partial charge is 0.420 e. The predicted molar refractivity (Wildman–Crippen MR) is 126 cm³/mol. The van der Waals surface area contributed by atoms with Crippen LogP contribution in [0.2, 0.25) is 5.02 Å². The zero-order valence-corrected chi connectivity index (χ0v) is 20.2. The number of nitrogens with one attached hydrogen (secondary N) is 1. The molecule has 0 aliphatic rings. The molecule has 1 N–H and O–H groups in total. The minimum absolute atomic E-state index is 0.125. The normalized spacial score (nSPS) is 11.9. The van der Waals surface area contributed by atoms with Gasteiger partial charge in [0, 0.05) is 13.1 Å². The molecule has 0 aliphatic heterocycles. The third-order valence-electron chi connectivity index (χ3n) is 5.79. The molecule has 0 bridgehead atoms. The summed E-state index contributed by atoms with van der Waals surface area (Å²) in [4.78, 5) is 4.63. The van der Waals surface area contributed by atoms with Gasteiger partial charge in [-0.2, -0.15) is 13.2 Å². The Morgan fingerprint density at radius 3 is 2.24 bits per heavy atom. The number of anilines is 2. The molecule has 1 heterocycles. The van der Waals surface area contributed by atoms with Gasteiger partial charge < -0.3 is 19.4 Å². The Labute approximate surface area is 196 Å². The molecule has 5 nitrogen and oxygen atoms in total. The molecule has 1 aromatic heterocycles. The van der Waals surface area contributed by atoms with Crippen molar-refractivity contribution in [1.82, 2.24) is 9.55 Å². The summed E-state index contributed by atoms with van der Waals surface area (Å²) in [5.74, 6) is 0.591. The maximum Gasteiger partial charge on any atom is 0.420 e. The summed E-state index contributed by atoms with van der Waals surface area (Å²) < 4.78 is 52.9. The Balaban J connectivity index is 2.15. The topological polar surface area (TPSA) is 48.3 Å². The van der Waals surface area contributed by atoms with Crippen molar-refractivity contribution >= 4 is 34.3 Å². The van der Waals surface area contributed by atoms with E-state index in [1.54, 1.807) is 0 Å². The SMILES string of the molecule is CCCC(CCC)c1ccc(Cl)c2nc(Nc3cc(C(F)(F)F)c(OC)cc3OC)n(C)c12. The van der Waals surface area contributed by atoms with Crippen LogP contribution in [0.15, 0.2) is 24.3 Å². The number of ether oxygens (including phenoxy) is 2. The maximum atomic E-state index is 13.6. The molecular formula is C24H29ClF3N3O2. The summed E-state index contributed by atoms with van der Waals surface area (Å²) in [6.07, 6.45) is -0.452. The van der Waals surface area contributed by atoms with E-state index in [0.29, 0.717) is 22.4 Å². The van der Waals surface area contributed by atoms with E-state index in [1.807, 2.05) is 23.7 Å². The van der Waals surface area contributed by atoms with Crippen LogP contribution in [0, 0.1) is 0 Å². The van der Waals surface area contributed by atoms with Crippen molar-refractivity contribution in [2.45, 2.75) is 51.6 Å². The average Bonchev–Trinajstić information content (AvgIpc) is 3.10. The number of halogens is 4. The van der Waals surface area contributed by atoms with E-state index in [-0.39, 0.29) is 17.2 Å². The molecule has 9 heteroatoms. The summed E-state index contributed by atoms with van der Waals surface area (Å²) >= 11 is 6.47. The van der Waals surface area contributed by atoms with E-state index in [9.17, 15) is 13.2 Å². The summed E-state index contributed by atoms with van der Waals surface area (Å²) in [5.41, 5.74) is 1.84. The fraction of sp³-hybridized carbons (Fsp3) is 0.458. The van der Waals surface area contributed by atoms with Gasteiger partial charge in [0.1, 0.15) is 17.0 Å². The van der Waals surface area contributed by atoms with Gasteiger partial charge in [-0.3, -0.25) is 0 Å². The van der Waals surface area contributed by atoms with Crippen molar-refractivity contribution < 1.29 is 22.6 Å². The van der Waals surface area contributed by atoms with Crippen LogP contribution in [-0.4, -0.2) is 23.8 Å². The average molecular weight is 484 g/mol. The lowest BCUT2D eigenvalue weighted by atomic mass is 9.89. The minimum atomic E-state index is -4.59. The first-order valence-electron chi connectivity index (χ1n) is 10.9. The first-order chi connectivity index (χ1) is 15.7. The number of aryl methyl sites for hydroxylation is 1. The number of alkyl halides is 3. The van der Waals surface area contributed by atoms with E-state index in [0.717, 1.165) is 42.8 Å². The van der Waals surface area contributed by atoms with E-state index in [2.05, 4.69) is 24.1 Å². The molecule has 0 saturated heterocycles. The molecule has 0 radical (unpaired) electrons. The highest BCUT2D eigenvalue weighted by Crippen LogP contribution is 2.43. The van der Waals surface area contributed by atoms with Crippen molar-refractivity contribution in [3.8, 4) is 11.5 Å². The third-order valence-corrected chi connectivity index (χ3v) is 6.10. The van der Waals surface area contributed by atoms with Gasteiger partial charge in [0.15, 0.2) is 0 Å². The van der Waals surface area contributed by atoms with Gasteiger partial charge in [0.25, 0.3) is 0 Å². The first-order valence-corrected chi connectivity index (χ1v) is 11.3. The molecule has 0 saturated carbocycles.